The number of hydrogen-bond donors (Lipinski definition) is 2. The van der Waals surface area contributed by atoms with Crippen molar-refractivity contribution >= 4 is 40.0 Å². The van der Waals surface area contributed by atoms with Crippen LogP contribution < -0.4 is 5.32 Å². The first-order chi connectivity index (χ1) is 15.8. The van der Waals surface area contributed by atoms with E-state index in [2.05, 4.69) is 25.3 Å². The molecule has 0 aliphatic carbocycles. The summed E-state index contributed by atoms with van der Waals surface area (Å²) in [6.45, 7) is 3.55. The highest BCUT2D eigenvalue weighted by molar-refractivity contribution is 6.30. The van der Waals surface area contributed by atoms with Crippen molar-refractivity contribution in [2.24, 2.45) is 0 Å². The molecule has 4 heterocycles. The van der Waals surface area contributed by atoms with E-state index in [1.165, 1.54) is 24.9 Å². The molecule has 33 heavy (non-hydrogen) atoms. The van der Waals surface area contributed by atoms with Crippen LogP contribution in [0.5, 0.6) is 0 Å². The van der Waals surface area contributed by atoms with Gasteiger partial charge in [0.25, 0.3) is 0 Å². The molecular formula is C23H21ClN6O3. The number of aliphatic hydroxyl groups is 1. The van der Waals surface area contributed by atoms with Crippen LogP contribution in [0.15, 0.2) is 55.5 Å². The van der Waals surface area contributed by atoms with Crippen molar-refractivity contribution in [3.63, 3.8) is 0 Å². The molecule has 0 fully saturated rings. The summed E-state index contributed by atoms with van der Waals surface area (Å²) in [5.41, 5.74) is 1.49. The van der Waals surface area contributed by atoms with Crippen molar-refractivity contribution in [2.75, 3.05) is 11.9 Å². The Labute approximate surface area is 194 Å². The Morgan fingerprint density at radius 1 is 1.12 bits per heavy atom. The highest BCUT2D eigenvalue weighted by Gasteiger charge is 2.26. The van der Waals surface area contributed by atoms with Gasteiger partial charge in [0.1, 0.15) is 12.0 Å². The molecule has 0 radical (unpaired) electrons. The maximum atomic E-state index is 13.3. The molecule has 0 bridgehead atoms. The Morgan fingerprint density at radius 2 is 1.94 bits per heavy atom. The fourth-order valence-electron chi connectivity index (χ4n) is 3.35. The van der Waals surface area contributed by atoms with Gasteiger partial charge in [-0.3, -0.25) is 19.6 Å². The number of amides is 1. The summed E-state index contributed by atoms with van der Waals surface area (Å²) in [6.07, 6.45) is 9.05. The molecule has 4 aromatic rings. The second kappa shape index (κ2) is 9.05. The lowest BCUT2D eigenvalue weighted by Crippen LogP contribution is -2.30. The fraction of sp³-hybridized carbons (Fsp3) is 0.217. The van der Waals surface area contributed by atoms with Crippen LogP contribution >= 0.6 is 11.6 Å². The summed E-state index contributed by atoms with van der Waals surface area (Å²) in [4.78, 5) is 42.3. The van der Waals surface area contributed by atoms with E-state index in [0.29, 0.717) is 38.6 Å². The third-order valence-corrected chi connectivity index (χ3v) is 5.39. The zero-order valence-electron chi connectivity index (χ0n) is 18.0. The number of pyridine rings is 2. The average molecular weight is 465 g/mol. The van der Waals surface area contributed by atoms with Crippen LogP contribution in [-0.4, -0.2) is 47.9 Å². The number of fused-ring (bicyclic) bond motifs is 1. The quantitative estimate of drug-likeness (QED) is 0.403. The van der Waals surface area contributed by atoms with E-state index in [1.807, 2.05) is 13.8 Å². The van der Waals surface area contributed by atoms with Crippen LogP contribution in [0.1, 0.15) is 35.5 Å². The Hall–Kier alpha value is -3.69. The van der Waals surface area contributed by atoms with E-state index >= 15 is 0 Å². The molecule has 0 atom stereocenters. The third-order valence-electron chi connectivity index (χ3n) is 5.17. The summed E-state index contributed by atoms with van der Waals surface area (Å²) >= 11 is 5.82. The van der Waals surface area contributed by atoms with Gasteiger partial charge < -0.3 is 15.0 Å². The number of rotatable bonds is 7. The molecule has 0 aliphatic heterocycles. The number of anilines is 1. The first-order valence-corrected chi connectivity index (χ1v) is 10.5. The van der Waals surface area contributed by atoms with E-state index in [0.717, 1.165) is 0 Å². The number of hydrogen-bond acceptors (Lipinski definition) is 7. The highest BCUT2D eigenvalue weighted by atomic mass is 35.5. The molecule has 0 saturated carbocycles. The number of ketones is 1. The van der Waals surface area contributed by atoms with Gasteiger partial charge in [0.05, 0.1) is 41.0 Å². The van der Waals surface area contributed by atoms with Crippen LogP contribution in [0, 0.1) is 0 Å². The van der Waals surface area contributed by atoms with Gasteiger partial charge in [0.2, 0.25) is 5.91 Å². The van der Waals surface area contributed by atoms with Gasteiger partial charge in [-0.1, -0.05) is 11.6 Å². The Balaban J connectivity index is 1.60. The van der Waals surface area contributed by atoms with Gasteiger partial charge in [-0.15, -0.1) is 0 Å². The van der Waals surface area contributed by atoms with Crippen LogP contribution in [0.4, 0.5) is 5.69 Å². The molecule has 10 heteroatoms. The lowest BCUT2D eigenvalue weighted by molar-refractivity contribution is -0.115. The minimum atomic E-state index is -0.672. The normalized spacial score (nSPS) is 11.5. The highest BCUT2D eigenvalue weighted by Crippen LogP contribution is 2.27. The van der Waals surface area contributed by atoms with Gasteiger partial charge in [-0.25, -0.2) is 9.97 Å². The van der Waals surface area contributed by atoms with Gasteiger partial charge in [-0.2, -0.15) is 0 Å². The monoisotopic (exact) mass is 464 g/mol. The first kappa shape index (κ1) is 22.5. The zero-order chi connectivity index (χ0) is 23.6. The van der Waals surface area contributed by atoms with Crippen molar-refractivity contribution in [3.8, 4) is 0 Å². The average Bonchev–Trinajstić information content (AvgIpc) is 3.21. The lowest BCUT2D eigenvalue weighted by atomic mass is 10.1. The van der Waals surface area contributed by atoms with E-state index in [-0.39, 0.29) is 24.7 Å². The minimum absolute atomic E-state index is 0.0520. The smallest absolute Gasteiger partial charge is 0.230 e. The Bertz CT molecular complexity index is 1330. The predicted molar refractivity (Wildman–Crippen MR) is 123 cm³/mol. The number of carbonyl (C=O) groups excluding carboxylic acids is 2. The summed E-state index contributed by atoms with van der Waals surface area (Å²) in [5.74, 6) is -0.601. The number of aromatic nitrogens is 5. The minimum Gasteiger partial charge on any atom is -0.394 e. The number of aliphatic hydroxyl groups excluding tert-OH is 1. The number of carbonyl (C=O) groups is 2. The van der Waals surface area contributed by atoms with Crippen molar-refractivity contribution in [1.82, 2.24) is 24.5 Å². The second-order valence-corrected chi connectivity index (χ2v) is 8.56. The molecule has 0 spiro atoms. The second-order valence-electron chi connectivity index (χ2n) is 8.13. The maximum Gasteiger partial charge on any atom is 0.230 e. The summed E-state index contributed by atoms with van der Waals surface area (Å²) < 4.78 is 1.76. The van der Waals surface area contributed by atoms with Crippen molar-refractivity contribution in [2.45, 2.75) is 25.8 Å². The predicted octanol–water partition coefficient (Wildman–Crippen LogP) is 3.01. The number of halogens is 1. The molecule has 4 aromatic heterocycles. The molecule has 1 amide bonds. The number of nitrogens with one attached hydrogen (secondary N) is 1. The molecular weight excluding hydrogens is 444 g/mol. The van der Waals surface area contributed by atoms with Crippen LogP contribution in [0.2, 0.25) is 5.02 Å². The van der Waals surface area contributed by atoms with E-state index in [4.69, 9.17) is 11.6 Å². The summed E-state index contributed by atoms with van der Waals surface area (Å²) in [6, 6.07) is 4.90. The van der Waals surface area contributed by atoms with Crippen molar-refractivity contribution in [1.29, 1.82) is 0 Å². The molecule has 168 valence electrons. The van der Waals surface area contributed by atoms with E-state index < -0.39 is 5.54 Å². The van der Waals surface area contributed by atoms with Gasteiger partial charge in [0.15, 0.2) is 5.78 Å². The molecule has 0 aliphatic rings. The van der Waals surface area contributed by atoms with Gasteiger partial charge >= 0.3 is 0 Å². The molecule has 2 N–H and O–H groups in total. The third kappa shape index (κ3) is 4.74. The molecule has 0 unspecified atom stereocenters. The van der Waals surface area contributed by atoms with E-state index in [1.54, 1.807) is 35.2 Å². The Kier molecular flexibility index (Phi) is 6.17. The Morgan fingerprint density at radius 3 is 2.67 bits per heavy atom. The summed E-state index contributed by atoms with van der Waals surface area (Å²) in [7, 11) is 0. The van der Waals surface area contributed by atoms with Gasteiger partial charge in [0, 0.05) is 41.4 Å². The summed E-state index contributed by atoms with van der Waals surface area (Å²) in [5, 5.41) is 13.6. The zero-order valence-corrected chi connectivity index (χ0v) is 18.7. The van der Waals surface area contributed by atoms with Crippen LogP contribution in [-0.2, 0) is 16.8 Å². The van der Waals surface area contributed by atoms with E-state index in [9.17, 15) is 14.7 Å². The van der Waals surface area contributed by atoms with Gasteiger partial charge in [-0.05, 0) is 32.0 Å². The topological polar surface area (TPSA) is 123 Å². The fourth-order valence-corrected chi connectivity index (χ4v) is 3.46. The number of nitrogens with zero attached hydrogens (tertiary/aromatic N) is 5. The maximum absolute atomic E-state index is 13.3. The van der Waals surface area contributed by atoms with Crippen LogP contribution in [0.25, 0.3) is 11.0 Å². The molecule has 4 rings (SSSR count). The van der Waals surface area contributed by atoms with Crippen molar-refractivity contribution < 1.29 is 14.7 Å². The largest absolute Gasteiger partial charge is 0.394 e. The van der Waals surface area contributed by atoms with Crippen LogP contribution in [0.3, 0.4) is 0 Å². The molecule has 0 aromatic carbocycles. The lowest BCUT2D eigenvalue weighted by Gasteiger charge is -2.24. The molecule has 9 nitrogen and oxygen atoms in total. The first-order valence-electron chi connectivity index (χ1n) is 10.1. The van der Waals surface area contributed by atoms with Crippen molar-refractivity contribution in [3.05, 3.63) is 77.4 Å². The molecule has 0 saturated heterocycles. The standard InChI is InChI=1S/C23H21ClN6O3/c1-23(2,12-31)30-11-19(18-10-26-13-28-22(18)30)21(33)14-5-17(9-25-7-14)29-20(32)6-16-4-3-15(24)8-27-16/h3-5,7-11,13,31H,6,12H2,1-2H3,(H,29,32). The SMILES string of the molecule is CC(C)(CO)n1cc(C(=O)c2cncc(NC(=O)Cc3ccc(Cl)cn3)c2)c2cncnc21.